The molecule has 0 heterocycles. The van der Waals surface area contributed by atoms with Crippen LogP contribution in [0.3, 0.4) is 0 Å². The lowest BCUT2D eigenvalue weighted by atomic mass is 9.77. The zero-order valence-electron chi connectivity index (χ0n) is 9.45. The first kappa shape index (κ1) is 10.7. The summed E-state index contributed by atoms with van der Waals surface area (Å²) in [6, 6.07) is 9.99. The summed E-state index contributed by atoms with van der Waals surface area (Å²) in [5.74, 6) is -0.130. The van der Waals surface area contributed by atoms with Crippen molar-refractivity contribution in [2.75, 3.05) is 0 Å². The second kappa shape index (κ2) is 3.64. The zero-order valence-corrected chi connectivity index (χ0v) is 9.45. The van der Waals surface area contributed by atoms with Crippen molar-refractivity contribution in [1.29, 1.82) is 5.26 Å². The maximum Gasteiger partial charge on any atom is 0.229 e. The van der Waals surface area contributed by atoms with Crippen LogP contribution in [0.15, 0.2) is 24.3 Å². The summed E-state index contributed by atoms with van der Waals surface area (Å²) in [6.07, 6.45) is 0.781. The molecule has 1 aromatic rings. The Morgan fingerprint density at radius 3 is 2.81 bits per heavy atom. The van der Waals surface area contributed by atoms with Gasteiger partial charge < -0.3 is 5.32 Å². The number of nitriles is 1. The Morgan fingerprint density at radius 1 is 1.50 bits per heavy atom. The van der Waals surface area contributed by atoms with Gasteiger partial charge in [0.25, 0.3) is 0 Å². The van der Waals surface area contributed by atoms with E-state index in [1.807, 2.05) is 24.3 Å². The summed E-state index contributed by atoms with van der Waals surface area (Å²) in [5, 5.41) is 11.6. The van der Waals surface area contributed by atoms with Gasteiger partial charge in [0.2, 0.25) is 5.91 Å². The van der Waals surface area contributed by atoms with Crippen LogP contribution in [-0.4, -0.2) is 11.4 Å². The molecule has 0 radical (unpaired) electrons. The van der Waals surface area contributed by atoms with Gasteiger partial charge in [0.05, 0.1) is 12.0 Å². The third-order valence-electron chi connectivity index (χ3n) is 2.89. The lowest BCUT2D eigenvalue weighted by Gasteiger charge is -2.31. The number of nitrogens with one attached hydrogen (secondary N) is 1. The number of nitrogens with zero attached hydrogens (tertiary/aromatic N) is 1. The molecule has 3 heteroatoms. The van der Waals surface area contributed by atoms with Crippen molar-refractivity contribution in [2.45, 2.75) is 31.7 Å². The first-order valence-electron chi connectivity index (χ1n) is 5.34. The topological polar surface area (TPSA) is 52.9 Å². The molecule has 0 saturated heterocycles. The summed E-state index contributed by atoms with van der Waals surface area (Å²) >= 11 is 0. The van der Waals surface area contributed by atoms with Crippen molar-refractivity contribution in [2.24, 2.45) is 0 Å². The molecule has 0 fully saturated rings. The van der Waals surface area contributed by atoms with E-state index in [2.05, 4.69) is 11.4 Å². The first-order valence-corrected chi connectivity index (χ1v) is 5.34. The second-order valence-corrected chi connectivity index (χ2v) is 4.68. The predicted molar refractivity (Wildman–Crippen MR) is 60.7 cm³/mol. The Hall–Kier alpha value is -1.82. The third-order valence-corrected chi connectivity index (χ3v) is 2.89. The lowest BCUT2D eigenvalue weighted by Crippen LogP contribution is -2.46. The van der Waals surface area contributed by atoms with Gasteiger partial charge in [-0.15, -0.1) is 0 Å². The van der Waals surface area contributed by atoms with Crippen LogP contribution < -0.4 is 5.32 Å². The van der Waals surface area contributed by atoms with Gasteiger partial charge in [-0.3, -0.25) is 4.79 Å². The van der Waals surface area contributed by atoms with E-state index in [0.717, 1.165) is 12.0 Å². The van der Waals surface area contributed by atoms with Gasteiger partial charge in [-0.2, -0.15) is 5.26 Å². The molecule has 1 N–H and O–H groups in total. The lowest BCUT2D eigenvalue weighted by molar-refractivity contribution is -0.124. The van der Waals surface area contributed by atoms with E-state index < -0.39 is 5.54 Å². The molecule has 1 aliphatic carbocycles. The predicted octanol–water partition coefficient (Wildman–Crippen LogP) is 1.74. The van der Waals surface area contributed by atoms with Crippen molar-refractivity contribution in [3.05, 3.63) is 35.4 Å². The molecular weight excluding hydrogens is 200 g/mol. The van der Waals surface area contributed by atoms with Crippen LogP contribution in [0.25, 0.3) is 0 Å². The number of rotatable bonds is 2. The SMILES string of the molecule is CC(C)(C#N)NC(=O)C1Cc2ccccc21. The molecule has 2 rings (SSSR count). The highest BCUT2D eigenvalue weighted by atomic mass is 16.2. The van der Waals surface area contributed by atoms with E-state index in [1.54, 1.807) is 13.8 Å². The van der Waals surface area contributed by atoms with Crippen molar-refractivity contribution in [1.82, 2.24) is 5.32 Å². The molecule has 0 aromatic heterocycles. The van der Waals surface area contributed by atoms with Crippen molar-refractivity contribution < 1.29 is 4.79 Å². The van der Waals surface area contributed by atoms with Gasteiger partial charge in [0, 0.05) is 0 Å². The molecule has 82 valence electrons. The van der Waals surface area contributed by atoms with Crippen LogP contribution in [0.4, 0.5) is 0 Å². The average Bonchev–Trinajstić information content (AvgIpc) is 2.19. The molecule has 0 spiro atoms. The summed E-state index contributed by atoms with van der Waals surface area (Å²) in [7, 11) is 0. The number of amides is 1. The van der Waals surface area contributed by atoms with E-state index >= 15 is 0 Å². The fourth-order valence-corrected chi connectivity index (χ4v) is 1.92. The Labute approximate surface area is 95.1 Å². The third kappa shape index (κ3) is 1.79. The van der Waals surface area contributed by atoms with Gasteiger partial charge in [-0.25, -0.2) is 0 Å². The van der Waals surface area contributed by atoms with Gasteiger partial charge in [-0.1, -0.05) is 24.3 Å². The molecule has 0 bridgehead atoms. The highest BCUT2D eigenvalue weighted by Crippen LogP contribution is 2.35. The molecular formula is C13H14N2O. The molecule has 1 atom stereocenters. The number of fused-ring (bicyclic) bond motifs is 1. The number of hydrogen-bond donors (Lipinski definition) is 1. The fourth-order valence-electron chi connectivity index (χ4n) is 1.92. The standard InChI is InChI=1S/C13H14N2O/c1-13(2,8-14)15-12(16)11-7-9-5-3-4-6-10(9)11/h3-6,11H,7H2,1-2H3,(H,15,16). The molecule has 1 aromatic carbocycles. The van der Waals surface area contributed by atoms with E-state index in [-0.39, 0.29) is 11.8 Å². The largest absolute Gasteiger partial charge is 0.338 e. The van der Waals surface area contributed by atoms with Gasteiger partial charge in [0.1, 0.15) is 5.54 Å². The van der Waals surface area contributed by atoms with E-state index in [4.69, 9.17) is 5.26 Å². The summed E-state index contributed by atoms with van der Waals surface area (Å²) in [4.78, 5) is 11.9. The summed E-state index contributed by atoms with van der Waals surface area (Å²) < 4.78 is 0. The average molecular weight is 214 g/mol. The highest BCUT2D eigenvalue weighted by Gasteiger charge is 2.34. The minimum Gasteiger partial charge on any atom is -0.338 e. The smallest absolute Gasteiger partial charge is 0.229 e. The normalized spacial score (nSPS) is 17.9. The van der Waals surface area contributed by atoms with E-state index in [1.165, 1.54) is 5.56 Å². The summed E-state index contributed by atoms with van der Waals surface area (Å²) in [5.41, 5.74) is 1.54. The Morgan fingerprint density at radius 2 is 2.19 bits per heavy atom. The van der Waals surface area contributed by atoms with Gasteiger partial charge in [0.15, 0.2) is 0 Å². The number of carbonyl (C=O) groups excluding carboxylic acids is 1. The number of benzene rings is 1. The highest BCUT2D eigenvalue weighted by molar-refractivity contribution is 5.87. The van der Waals surface area contributed by atoms with Crippen LogP contribution in [-0.2, 0) is 11.2 Å². The van der Waals surface area contributed by atoms with Crippen molar-refractivity contribution in [3.8, 4) is 6.07 Å². The molecule has 1 amide bonds. The number of hydrogen-bond acceptors (Lipinski definition) is 2. The molecule has 3 nitrogen and oxygen atoms in total. The minimum absolute atomic E-state index is 0.0507. The maximum atomic E-state index is 11.9. The molecule has 16 heavy (non-hydrogen) atoms. The quantitative estimate of drug-likeness (QED) is 0.815. The van der Waals surface area contributed by atoms with Crippen LogP contribution in [0.2, 0.25) is 0 Å². The zero-order chi connectivity index (χ0) is 11.8. The Bertz CT molecular complexity index is 471. The monoisotopic (exact) mass is 214 g/mol. The second-order valence-electron chi connectivity index (χ2n) is 4.68. The number of carbonyl (C=O) groups is 1. The van der Waals surface area contributed by atoms with E-state index in [0.29, 0.717) is 0 Å². The molecule has 1 aliphatic rings. The van der Waals surface area contributed by atoms with Crippen LogP contribution in [0, 0.1) is 11.3 Å². The van der Waals surface area contributed by atoms with E-state index in [9.17, 15) is 4.79 Å². The first-order chi connectivity index (χ1) is 7.53. The molecule has 0 saturated carbocycles. The Kier molecular flexibility index (Phi) is 2.43. The minimum atomic E-state index is -0.790. The summed E-state index contributed by atoms with van der Waals surface area (Å²) in [6.45, 7) is 3.41. The van der Waals surface area contributed by atoms with Gasteiger partial charge >= 0.3 is 0 Å². The Balaban J connectivity index is 2.09. The van der Waals surface area contributed by atoms with Crippen LogP contribution >= 0.6 is 0 Å². The van der Waals surface area contributed by atoms with Crippen molar-refractivity contribution >= 4 is 5.91 Å². The van der Waals surface area contributed by atoms with Crippen LogP contribution in [0.5, 0.6) is 0 Å². The molecule has 1 unspecified atom stereocenters. The maximum absolute atomic E-state index is 11.9. The fraction of sp³-hybridized carbons (Fsp3) is 0.385. The van der Waals surface area contributed by atoms with Crippen molar-refractivity contribution in [3.63, 3.8) is 0 Å². The molecule has 0 aliphatic heterocycles. The van der Waals surface area contributed by atoms with Gasteiger partial charge in [-0.05, 0) is 31.4 Å². The van der Waals surface area contributed by atoms with Crippen LogP contribution in [0.1, 0.15) is 30.9 Å².